The van der Waals surface area contributed by atoms with E-state index in [9.17, 15) is 9.59 Å². The summed E-state index contributed by atoms with van der Waals surface area (Å²) in [6.07, 6.45) is 4.21. The first-order valence-electron chi connectivity index (χ1n) is 6.39. The molecule has 1 atom stereocenters. The highest BCUT2D eigenvalue weighted by molar-refractivity contribution is 7.15. The first kappa shape index (κ1) is 13.8. The van der Waals surface area contributed by atoms with Crippen LogP contribution < -0.4 is 10.6 Å². The summed E-state index contributed by atoms with van der Waals surface area (Å²) in [5, 5.41) is 14.6. The van der Waals surface area contributed by atoms with Gasteiger partial charge in [0.25, 0.3) is 0 Å². The minimum atomic E-state index is -1.02. The number of anilines is 1. The van der Waals surface area contributed by atoms with Gasteiger partial charge in [-0.15, -0.1) is 11.3 Å². The zero-order chi connectivity index (χ0) is 13.8. The summed E-state index contributed by atoms with van der Waals surface area (Å²) in [5.41, 5.74) is 1.06. The Morgan fingerprint density at radius 2 is 2.26 bits per heavy atom. The molecule has 0 bridgehead atoms. The number of nitrogens with one attached hydrogen (secondary N) is 2. The van der Waals surface area contributed by atoms with Crippen LogP contribution in [-0.4, -0.2) is 28.1 Å². The van der Waals surface area contributed by atoms with E-state index in [4.69, 9.17) is 5.11 Å². The maximum Gasteiger partial charge on any atom is 0.326 e. The normalized spacial score (nSPS) is 14.8. The van der Waals surface area contributed by atoms with Gasteiger partial charge in [0, 0.05) is 4.88 Å². The van der Waals surface area contributed by atoms with Crippen LogP contribution in [0.1, 0.15) is 36.8 Å². The van der Waals surface area contributed by atoms with Gasteiger partial charge in [-0.3, -0.25) is 5.32 Å². The van der Waals surface area contributed by atoms with E-state index in [2.05, 4.69) is 15.6 Å². The van der Waals surface area contributed by atoms with Crippen LogP contribution in [0.15, 0.2) is 0 Å². The molecule has 2 rings (SSSR count). The minimum absolute atomic E-state index is 0.414. The van der Waals surface area contributed by atoms with Crippen molar-refractivity contribution in [3.8, 4) is 0 Å². The lowest BCUT2D eigenvalue weighted by Crippen LogP contribution is -2.42. The number of aryl methyl sites for hydroxylation is 2. The van der Waals surface area contributed by atoms with Gasteiger partial charge in [0.05, 0.1) is 5.69 Å². The summed E-state index contributed by atoms with van der Waals surface area (Å²) in [5.74, 6) is -1.02. The van der Waals surface area contributed by atoms with Gasteiger partial charge in [0.15, 0.2) is 5.13 Å². The lowest BCUT2D eigenvalue weighted by molar-refractivity contribution is -0.139. The van der Waals surface area contributed by atoms with E-state index >= 15 is 0 Å². The third kappa shape index (κ3) is 3.44. The molecule has 0 saturated heterocycles. The van der Waals surface area contributed by atoms with E-state index in [-0.39, 0.29) is 0 Å². The second kappa shape index (κ2) is 6.01. The molecular weight excluding hydrogens is 266 g/mol. The second-order valence-corrected chi connectivity index (χ2v) is 5.60. The summed E-state index contributed by atoms with van der Waals surface area (Å²) < 4.78 is 0. The zero-order valence-corrected chi connectivity index (χ0v) is 11.5. The summed E-state index contributed by atoms with van der Waals surface area (Å²) >= 11 is 1.47. The number of urea groups is 1. The standard InChI is InChI=1S/C12H17N3O3S/c1-2-4-8(10(16)17)13-11(18)15-12-14-7-5-3-6-9(7)19-12/h8H,2-6H2,1H3,(H,16,17)(H2,13,14,15,18)/t8-/m0/s1. The number of nitrogens with zero attached hydrogens (tertiary/aromatic N) is 1. The molecule has 1 aromatic heterocycles. The van der Waals surface area contributed by atoms with Gasteiger partial charge in [-0.1, -0.05) is 13.3 Å². The Morgan fingerprint density at radius 1 is 1.47 bits per heavy atom. The fraction of sp³-hybridized carbons (Fsp3) is 0.583. The smallest absolute Gasteiger partial charge is 0.326 e. The molecule has 0 spiro atoms. The molecule has 0 aromatic carbocycles. The fourth-order valence-electron chi connectivity index (χ4n) is 2.08. The Kier molecular flexibility index (Phi) is 4.36. The highest BCUT2D eigenvalue weighted by Gasteiger charge is 2.21. The van der Waals surface area contributed by atoms with Crippen LogP contribution in [0, 0.1) is 0 Å². The molecule has 0 unspecified atom stereocenters. The Balaban J connectivity index is 1.91. The Bertz CT molecular complexity index is 465. The van der Waals surface area contributed by atoms with E-state index < -0.39 is 18.0 Å². The van der Waals surface area contributed by atoms with Crippen molar-refractivity contribution >= 4 is 28.5 Å². The maximum atomic E-state index is 11.7. The van der Waals surface area contributed by atoms with Crippen molar-refractivity contribution in [1.82, 2.24) is 10.3 Å². The number of amides is 2. The molecule has 0 aliphatic heterocycles. The highest BCUT2D eigenvalue weighted by Crippen LogP contribution is 2.30. The van der Waals surface area contributed by atoms with Gasteiger partial charge < -0.3 is 10.4 Å². The molecule has 1 heterocycles. The molecule has 19 heavy (non-hydrogen) atoms. The van der Waals surface area contributed by atoms with Gasteiger partial charge in [0.1, 0.15) is 6.04 Å². The van der Waals surface area contributed by atoms with Crippen molar-refractivity contribution in [2.24, 2.45) is 0 Å². The first-order chi connectivity index (χ1) is 9.10. The molecule has 3 N–H and O–H groups in total. The molecule has 0 saturated carbocycles. The number of hydrogen-bond acceptors (Lipinski definition) is 4. The topological polar surface area (TPSA) is 91.3 Å². The average molecular weight is 283 g/mol. The van der Waals surface area contributed by atoms with E-state index in [1.807, 2.05) is 6.92 Å². The Labute approximate surface area is 115 Å². The van der Waals surface area contributed by atoms with Gasteiger partial charge in [-0.05, 0) is 25.7 Å². The van der Waals surface area contributed by atoms with Crippen LogP contribution in [0.25, 0.3) is 0 Å². The van der Waals surface area contributed by atoms with Gasteiger partial charge >= 0.3 is 12.0 Å². The average Bonchev–Trinajstić information content (AvgIpc) is 2.88. The van der Waals surface area contributed by atoms with Crippen LogP contribution in [0.5, 0.6) is 0 Å². The zero-order valence-electron chi connectivity index (χ0n) is 10.7. The largest absolute Gasteiger partial charge is 0.480 e. The molecule has 0 radical (unpaired) electrons. The molecule has 7 heteroatoms. The molecule has 104 valence electrons. The van der Waals surface area contributed by atoms with Crippen LogP contribution in [0.2, 0.25) is 0 Å². The van der Waals surface area contributed by atoms with Crippen molar-refractivity contribution in [1.29, 1.82) is 0 Å². The number of fused-ring (bicyclic) bond motifs is 1. The van der Waals surface area contributed by atoms with Crippen LogP contribution >= 0.6 is 11.3 Å². The third-order valence-electron chi connectivity index (χ3n) is 3.00. The van der Waals surface area contributed by atoms with Crippen molar-refractivity contribution < 1.29 is 14.7 Å². The number of carbonyl (C=O) groups excluding carboxylic acids is 1. The summed E-state index contributed by atoms with van der Waals surface area (Å²) in [7, 11) is 0. The van der Waals surface area contributed by atoms with Crippen molar-refractivity contribution in [3.05, 3.63) is 10.6 Å². The molecule has 1 aromatic rings. The number of rotatable bonds is 5. The maximum absolute atomic E-state index is 11.7. The molecule has 0 fully saturated rings. The number of thiazole rings is 1. The van der Waals surface area contributed by atoms with Crippen LogP contribution in [-0.2, 0) is 17.6 Å². The lowest BCUT2D eigenvalue weighted by Gasteiger charge is -2.13. The summed E-state index contributed by atoms with van der Waals surface area (Å²) in [6.45, 7) is 1.88. The quantitative estimate of drug-likeness (QED) is 0.771. The van der Waals surface area contributed by atoms with Gasteiger partial charge in [-0.25, -0.2) is 14.6 Å². The van der Waals surface area contributed by atoms with E-state index in [0.717, 1.165) is 25.0 Å². The fourth-order valence-corrected chi connectivity index (χ4v) is 3.13. The van der Waals surface area contributed by atoms with E-state index in [1.165, 1.54) is 16.2 Å². The number of carboxylic acid groups (broad SMARTS) is 1. The number of aromatic nitrogens is 1. The predicted molar refractivity (Wildman–Crippen MR) is 72.6 cm³/mol. The van der Waals surface area contributed by atoms with Crippen molar-refractivity contribution in [2.45, 2.75) is 45.1 Å². The molecule has 6 nitrogen and oxygen atoms in total. The number of carbonyl (C=O) groups is 2. The molecule has 1 aliphatic carbocycles. The third-order valence-corrected chi connectivity index (χ3v) is 4.07. The molecule has 1 aliphatic rings. The summed E-state index contributed by atoms with van der Waals surface area (Å²) in [6, 6.07) is -1.36. The second-order valence-electron chi connectivity index (χ2n) is 4.52. The summed E-state index contributed by atoms with van der Waals surface area (Å²) in [4.78, 5) is 28.2. The SMILES string of the molecule is CCC[C@H](NC(=O)Nc1nc2c(s1)CCC2)C(=O)O. The number of aliphatic carboxylic acids is 1. The van der Waals surface area contributed by atoms with Crippen LogP contribution in [0.4, 0.5) is 9.93 Å². The van der Waals surface area contributed by atoms with Crippen molar-refractivity contribution in [3.63, 3.8) is 0 Å². The number of carboxylic acids is 1. The van der Waals surface area contributed by atoms with Gasteiger partial charge in [-0.2, -0.15) is 0 Å². The minimum Gasteiger partial charge on any atom is -0.480 e. The number of hydrogen-bond donors (Lipinski definition) is 3. The Morgan fingerprint density at radius 3 is 2.89 bits per heavy atom. The first-order valence-corrected chi connectivity index (χ1v) is 7.20. The van der Waals surface area contributed by atoms with Crippen molar-refractivity contribution in [2.75, 3.05) is 5.32 Å². The monoisotopic (exact) mass is 283 g/mol. The predicted octanol–water partition coefficient (Wildman–Crippen LogP) is 2.01. The highest BCUT2D eigenvalue weighted by atomic mass is 32.1. The Hall–Kier alpha value is -1.63. The molecular formula is C12H17N3O3S. The van der Waals surface area contributed by atoms with E-state index in [1.54, 1.807) is 0 Å². The van der Waals surface area contributed by atoms with Gasteiger partial charge in [0.2, 0.25) is 0 Å². The molecule has 2 amide bonds. The lowest BCUT2D eigenvalue weighted by atomic mass is 10.2. The van der Waals surface area contributed by atoms with E-state index in [0.29, 0.717) is 18.0 Å². The van der Waals surface area contributed by atoms with Crippen LogP contribution in [0.3, 0.4) is 0 Å².